The summed E-state index contributed by atoms with van der Waals surface area (Å²) >= 11 is 0. The van der Waals surface area contributed by atoms with Crippen LogP contribution in [-0.2, 0) is 14.2 Å². The number of rotatable bonds is 9. The summed E-state index contributed by atoms with van der Waals surface area (Å²) in [6.45, 7) is 11.2. The first-order chi connectivity index (χ1) is 15.7. The van der Waals surface area contributed by atoms with Crippen LogP contribution in [0.5, 0.6) is 0 Å². The summed E-state index contributed by atoms with van der Waals surface area (Å²) in [5.74, 6) is 0. The SMILES string of the molecule is CC(C)N1CCC(OC2CCN[C@H](CCOC3CCC(OC4CCNCC4)CC3)C2)CC1. The first-order valence-corrected chi connectivity index (χ1v) is 13.8. The minimum Gasteiger partial charge on any atom is -0.378 e. The number of hydrogen-bond acceptors (Lipinski definition) is 6. The van der Waals surface area contributed by atoms with Crippen LogP contribution in [-0.4, -0.2) is 86.8 Å². The van der Waals surface area contributed by atoms with Gasteiger partial charge in [-0.05, 0) is 104 Å². The van der Waals surface area contributed by atoms with Gasteiger partial charge in [-0.3, -0.25) is 0 Å². The smallest absolute Gasteiger partial charge is 0.0605 e. The normalized spacial score (nSPS) is 34.2. The highest BCUT2D eigenvalue weighted by molar-refractivity contribution is 4.82. The Morgan fingerprint density at radius 2 is 1.31 bits per heavy atom. The van der Waals surface area contributed by atoms with E-state index in [-0.39, 0.29) is 0 Å². The Labute approximate surface area is 196 Å². The molecule has 2 N–H and O–H groups in total. The summed E-state index contributed by atoms with van der Waals surface area (Å²) in [5.41, 5.74) is 0. The fourth-order valence-electron chi connectivity index (χ4n) is 6.03. The molecule has 0 spiro atoms. The van der Waals surface area contributed by atoms with Crippen LogP contribution in [0, 0.1) is 0 Å². The van der Waals surface area contributed by atoms with Gasteiger partial charge in [-0.2, -0.15) is 0 Å². The molecule has 32 heavy (non-hydrogen) atoms. The molecular formula is C26H49N3O3. The van der Waals surface area contributed by atoms with E-state index in [2.05, 4.69) is 29.4 Å². The van der Waals surface area contributed by atoms with Gasteiger partial charge < -0.3 is 29.7 Å². The van der Waals surface area contributed by atoms with Crippen molar-refractivity contribution in [2.45, 2.75) is 127 Å². The van der Waals surface area contributed by atoms with Gasteiger partial charge in [-0.1, -0.05) is 0 Å². The van der Waals surface area contributed by atoms with Gasteiger partial charge in [0.25, 0.3) is 0 Å². The van der Waals surface area contributed by atoms with Gasteiger partial charge in [0.2, 0.25) is 0 Å². The van der Waals surface area contributed by atoms with Crippen LogP contribution in [0.15, 0.2) is 0 Å². The summed E-state index contributed by atoms with van der Waals surface area (Å²) in [6.07, 6.45) is 15.1. The average molecular weight is 452 g/mol. The number of nitrogens with one attached hydrogen (secondary N) is 2. The zero-order chi connectivity index (χ0) is 22.2. The van der Waals surface area contributed by atoms with Gasteiger partial charge in [-0.25, -0.2) is 0 Å². The van der Waals surface area contributed by atoms with E-state index in [1.54, 1.807) is 0 Å². The molecule has 6 nitrogen and oxygen atoms in total. The van der Waals surface area contributed by atoms with Crippen molar-refractivity contribution >= 4 is 0 Å². The van der Waals surface area contributed by atoms with Crippen LogP contribution in [0.1, 0.15) is 84.5 Å². The van der Waals surface area contributed by atoms with Crippen molar-refractivity contribution in [2.75, 3.05) is 39.3 Å². The first-order valence-electron chi connectivity index (χ1n) is 13.8. The van der Waals surface area contributed by atoms with Gasteiger partial charge in [0, 0.05) is 31.8 Å². The third-order valence-corrected chi connectivity index (χ3v) is 8.15. The quantitative estimate of drug-likeness (QED) is 0.560. The lowest BCUT2D eigenvalue weighted by molar-refractivity contribution is -0.0742. The summed E-state index contributed by atoms with van der Waals surface area (Å²) in [4.78, 5) is 2.58. The first kappa shape index (κ1) is 24.9. The Kier molecular flexibility index (Phi) is 10.1. The molecule has 4 rings (SSSR count). The summed E-state index contributed by atoms with van der Waals surface area (Å²) in [7, 11) is 0. The molecule has 0 bridgehead atoms. The molecular weight excluding hydrogens is 402 g/mol. The Balaban J connectivity index is 1.06. The van der Waals surface area contributed by atoms with Crippen molar-refractivity contribution in [1.29, 1.82) is 0 Å². The van der Waals surface area contributed by atoms with Crippen molar-refractivity contribution in [3.8, 4) is 0 Å². The highest BCUT2D eigenvalue weighted by Gasteiger charge is 2.29. The maximum absolute atomic E-state index is 6.54. The van der Waals surface area contributed by atoms with E-state index in [4.69, 9.17) is 14.2 Å². The predicted octanol–water partition coefficient (Wildman–Crippen LogP) is 3.48. The Morgan fingerprint density at radius 3 is 2.03 bits per heavy atom. The lowest BCUT2D eigenvalue weighted by Crippen LogP contribution is -2.45. The van der Waals surface area contributed by atoms with Gasteiger partial charge in [0.15, 0.2) is 0 Å². The molecule has 0 aromatic heterocycles. The second-order valence-electron chi connectivity index (χ2n) is 10.9. The second-order valence-corrected chi connectivity index (χ2v) is 10.9. The Bertz CT molecular complexity index is 512. The molecule has 1 aliphatic carbocycles. The molecule has 1 unspecified atom stereocenters. The van der Waals surface area contributed by atoms with E-state index < -0.39 is 0 Å². The fourth-order valence-corrected chi connectivity index (χ4v) is 6.03. The predicted molar refractivity (Wildman–Crippen MR) is 129 cm³/mol. The van der Waals surface area contributed by atoms with Crippen LogP contribution in [0.2, 0.25) is 0 Å². The van der Waals surface area contributed by atoms with E-state index in [0.717, 1.165) is 58.3 Å². The standard InChI is InChI=1S/C26H49N3O3/c1-20(2)29-16-10-25(11-17-29)32-26-9-15-28-21(19-26)12-18-30-22-3-5-23(6-4-22)31-24-7-13-27-14-8-24/h20-28H,3-19H2,1-2H3/t21-,22?,23?,26?/m1/s1. The van der Waals surface area contributed by atoms with E-state index in [1.807, 2.05) is 0 Å². The third kappa shape index (κ3) is 7.92. The minimum atomic E-state index is 0.430. The zero-order valence-corrected chi connectivity index (χ0v) is 20.7. The Morgan fingerprint density at radius 1 is 0.719 bits per heavy atom. The zero-order valence-electron chi connectivity index (χ0n) is 20.7. The largest absolute Gasteiger partial charge is 0.378 e. The third-order valence-electron chi connectivity index (χ3n) is 8.15. The molecule has 4 fully saturated rings. The maximum atomic E-state index is 6.54. The Hall–Kier alpha value is -0.240. The molecule has 0 aromatic carbocycles. The number of ether oxygens (including phenoxy) is 3. The van der Waals surface area contributed by atoms with Crippen molar-refractivity contribution in [2.24, 2.45) is 0 Å². The molecule has 3 heterocycles. The summed E-state index contributed by atoms with van der Waals surface area (Å²) < 4.78 is 19.2. The van der Waals surface area contributed by atoms with Crippen molar-refractivity contribution in [1.82, 2.24) is 15.5 Å². The van der Waals surface area contributed by atoms with E-state index >= 15 is 0 Å². The summed E-state index contributed by atoms with van der Waals surface area (Å²) in [6, 6.07) is 1.21. The summed E-state index contributed by atoms with van der Waals surface area (Å²) in [5, 5.41) is 7.13. The van der Waals surface area contributed by atoms with Gasteiger partial charge in [0.1, 0.15) is 0 Å². The minimum absolute atomic E-state index is 0.430. The maximum Gasteiger partial charge on any atom is 0.0605 e. The number of piperidine rings is 3. The highest BCUT2D eigenvalue weighted by Crippen LogP contribution is 2.27. The molecule has 2 atom stereocenters. The van der Waals surface area contributed by atoms with E-state index in [0.29, 0.717) is 42.6 Å². The van der Waals surface area contributed by atoms with Crippen LogP contribution >= 0.6 is 0 Å². The monoisotopic (exact) mass is 451 g/mol. The van der Waals surface area contributed by atoms with Crippen LogP contribution in [0.4, 0.5) is 0 Å². The molecule has 186 valence electrons. The molecule has 0 aromatic rings. The topological polar surface area (TPSA) is 55.0 Å². The van der Waals surface area contributed by atoms with Crippen molar-refractivity contribution in [3.05, 3.63) is 0 Å². The molecule has 0 radical (unpaired) electrons. The van der Waals surface area contributed by atoms with Gasteiger partial charge in [-0.15, -0.1) is 0 Å². The number of nitrogens with zero attached hydrogens (tertiary/aromatic N) is 1. The van der Waals surface area contributed by atoms with E-state index in [9.17, 15) is 0 Å². The average Bonchev–Trinajstić information content (AvgIpc) is 2.82. The van der Waals surface area contributed by atoms with Crippen LogP contribution < -0.4 is 10.6 Å². The number of hydrogen-bond donors (Lipinski definition) is 2. The lowest BCUT2D eigenvalue weighted by atomic mass is 9.94. The van der Waals surface area contributed by atoms with Crippen molar-refractivity contribution in [3.63, 3.8) is 0 Å². The van der Waals surface area contributed by atoms with E-state index in [1.165, 1.54) is 51.6 Å². The van der Waals surface area contributed by atoms with Gasteiger partial charge in [0.05, 0.1) is 30.5 Å². The fraction of sp³-hybridized carbons (Fsp3) is 1.00. The van der Waals surface area contributed by atoms with Crippen LogP contribution in [0.25, 0.3) is 0 Å². The molecule has 6 heteroatoms. The van der Waals surface area contributed by atoms with Crippen molar-refractivity contribution < 1.29 is 14.2 Å². The van der Waals surface area contributed by atoms with Crippen LogP contribution in [0.3, 0.4) is 0 Å². The number of likely N-dealkylation sites (tertiary alicyclic amines) is 1. The lowest BCUT2D eigenvalue weighted by Gasteiger charge is -2.38. The molecule has 1 saturated carbocycles. The molecule has 3 aliphatic heterocycles. The second kappa shape index (κ2) is 13.0. The molecule has 3 saturated heterocycles. The highest BCUT2D eigenvalue weighted by atomic mass is 16.5. The molecule has 0 amide bonds. The van der Waals surface area contributed by atoms with Gasteiger partial charge >= 0.3 is 0 Å². The molecule has 4 aliphatic rings.